The van der Waals surface area contributed by atoms with E-state index in [9.17, 15) is 4.79 Å². The molecule has 0 radical (unpaired) electrons. The van der Waals surface area contributed by atoms with Crippen LogP contribution in [0.5, 0.6) is 0 Å². The van der Waals surface area contributed by atoms with Crippen molar-refractivity contribution in [2.45, 2.75) is 40.7 Å². The predicted octanol–water partition coefficient (Wildman–Crippen LogP) is 2.28. The maximum Gasteiger partial charge on any atom is 0.266 e. The number of aromatic nitrogens is 4. The van der Waals surface area contributed by atoms with Gasteiger partial charge >= 0.3 is 0 Å². The standard InChI is InChI=1S/C16H23N5O/c1-6-20(14-7-8-17-18-9-14)16(22)15-10-19-21(13(15)5)12(4)11(2)3/h7-12H,6H2,1-5H3/p+1. The van der Waals surface area contributed by atoms with Gasteiger partial charge in [-0.25, -0.2) is 0 Å². The van der Waals surface area contributed by atoms with Crippen molar-refractivity contribution in [1.29, 1.82) is 0 Å². The number of hydrogen-bond donors (Lipinski definition) is 1. The second-order valence-electron chi connectivity index (χ2n) is 5.78. The van der Waals surface area contributed by atoms with E-state index >= 15 is 0 Å². The Morgan fingerprint density at radius 2 is 2.09 bits per heavy atom. The Morgan fingerprint density at radius 3 is 2.64 bits per heavy atom. The molecule has 6 heteroatoms. The maximum atomic E-state index is 12.8. The van der Waals surface area contributed by atoms with Gasteiger partial charge in [0.25, 0.3) is 5.91 Å². The van der Waals surface area contributed by atoms with Crippen LogP contribution in [-0.2, 0) is 0 Å². The second kappa shape index (κ2) is 6.68. The number of hydrogen-bond acceptors (Lipinski definition) is 3. The lowest BCUT2D eigenvalue weighted by molar-refractivity contribution is -0.781. The molecule has 0 saturated heterocycles. The van der Waals surface area contributed by atoms with Gasteiger partial charge in [0, 0.05) is 26.3 Å². The zero-order valence-electron chi connectivity index (χ0n) is 13.9. The fraction of sp³-hybridized carbons (Fsp3) is 0.500. The van der Waals surface area contributed by atoms with Gasteiger partial charge in [0.05, 0.1) is 24.3 Å². The summed E-state index contributed by atoms with van der Waals surface area (Å²) in [7, 11) is 0. The summed E-state index contributed by atoms with van der Waals surface area (Å²) in [6.07, 6.45) is 4.98. The molecule has 2 aromatic rings. The molecular formula is C16H24N5O+. The van der Waals surface area contributed by atoms with E-state index in [4.69, 9.17) is 0 Å². The molecule has 2 heterocycles. The van der Waals surface area contributed by atoms with Crippen molar-refractivity contribution in [2.24, 2.45) is 5.92 Å². The number of nitrogens with zero attached hydrogens (tertiary/aromatic N) is 4. The van der Waals surface area contributed by atoms with E-state index in [1.54, 1.807) is 29.6 Å². The molecule has 1 atom stereocenters. The first kappa shape index (κ1) is 16.1. The van der Waals surface area contributed by atoms with Gasteiger partial charge in [0.2, 0.25) is 5.69 Å². The summed E-state index contributed by atoms with van der Waals surface area (Å²) in [6.45, 7) is 11.0. The fourth-order valence-electron chi connectivity index (χ4n) is 2.43. The van der Waals surface area contributed by atoms with E-state index < -0.39 is 0 Å². The molecule has 22 heavy (non-hydrogen) atoms. The quantitative estimate of drug-likeness (QED) is 0.862. The van der Waals surface area contributed by atoms with Crippen molar-refractivity contribution in [3.05, 3.63) is 35.9 Å². The smallest absolute Gasteiger partial charge is 0.266 e. The summed E-state index contributed by atoms with van der Waals surface area (Å²) in [5.74, 6) is 0.455. The lowest BCUT2D eigenvalue weighted by Crippen LogP contribution is -2.45. The van der Waals surface area contributed by atoms with Gasteiger partial charge in [0.15, 0.2) is 6.04 Å². The number of nitrogens with one attached hydrogen (secondary N) is 1. The molecule has 2 rings (SSSR count). The van der Waals surface area contributed by atoms with Crippen LogP contribution in [0.3, 0.4) is 0 Å². The van der Waals surface area contributed by atoms with Crippen molar-refractivity contribution < 1.29 is 9.48 Å². The lowest BCUT2D eigenvalue weighted by Gasteiger charge is -2.19. The van der Waals surface area contributed by atoms with Crippen molar-refractivity contribution in [1.82, 2.24) is 15.3 Å². The number of anilines is 1. The number of aromatic amines is 1. The molecule has 0 aliphatic carbocycles. The highest BCUT2D eigenvalue weighted by Crippen LogP contribution is 2.17. The van der Waals surface area contributed by atoms with Crippen LogP contribution in [0.1, 0.15) is 49.8 Å². The molecule has 0 fully saturated rings. The van der Waals surface area contributed by atoms with Crippen LogP contribution in [0, 0.1) is 12.8 Å². The third-order valence-corrected chi connectivity index (χ3v) is 4.14. The van der Waals surface area contributed by atoms with Crippen molar-refractivity contribution in [3.63, 3.8) is 0 Å². The number of carbonyl (C=O) groups excluding carboxylic acids is 1. The largest absolute Gasteiger partial charge is 0.307 e. The summed E-state index contributed by atoms with van der Waals surface area (Å²) in [4.78, 5) is 14.6. The molecule has 0 aliphatic rings. The van der Waals surface area contributed by atoms with Gasteiger partial charge in [-0.2, -0.15) is 15.3 Å². The number of H-pyrrole nitrogens is 1. The zero-order chi connectivity index (χ0) is 16.3. The molecule has 0 aromatic carbocycles. The maximum absolute atomic E-state index is 12.8. The lowest BCUT2D eigenvalue weighted by atomic mass is 10.1. The van der Waals surface area contributed by atoms with E-state index in [2.05, 4.69) is 40.7 Å². The van der Waals surface area contributed by atoms with Crippen molar-refractivity contribution >= 4 is 11.6 Å². The Labute approximate surface area is 131 Å². The predicted molar refractivity (Wildman–Crippen MR) is 84.7 cm³/mol. The molecule has 0 aliphatic heterocycles. The van der Waals surface area contributed by atoms with Gasteiger partial charge in [-0.3, -0.25) is 4.79 Å². The van der Waals surface area contributed by atoms with Crippen LogP contribution in [0.25, 0.3) is 0 Å². The summed E-state index contributed by atoms with van der Waals surface area (Å²) in [6, 6.07) is 2.10. The summed E-state index contributed by atoms with van der Waals surface area (Å²) >= 11 is 0. The minimum Gasteiger partial charge on any atom is -0.307 e. The van der Waals surface area contributed by atoms with E-state index in [1.165, 1.54) is 0 Å². The first-order valence-electron chi connectivity index (χ1n) is 7.65. The van der Waals surface area contributed by atoms with E-state index in [0.717, 1.165) is 11.4 Å². The van der Waals surface area contributed by atoms with Crippen LogP contribution in [0.4, 0.5) is 5.69 Å². The third kappa shape index (κ3) is 3.00. The number of rotatable bonds is 5. The number of carbonyl (C=O) groups is 1. The molecule has 1 amide bonds. The van der Waals surface area contributed by atoms with Gasteiger partial charge in [0.1, 0.15) is 5.56 Å². The molecule has 6 nitrogen and oxygen atoms in total. The van der Waals surface area contributed by atoms with Gasteiger partial charge in [-0.15, -0.1) is 4.68 Å². The summed E-state index contributed by atoms with van der Waals surface area (Å²) in [5.41, 5.74) is 2.39. The van der Waals surface area contributed by atoms with Gasteiger partial charge in [-0.1, -0.05) is 13.8 Å². The van der Waals surface area contributed by atoms with Crippen LogP contribution in [-0.4, -0.2) is 27.7 Å². The van der Waals surface area contributed by atoms with E-state index in [0.29, 0.717) is 24.1 Å². The van der Waals surface area contributed by atoms with Crippen molar-refractivity contribution in [3.8, 4) is 0 Å². The van der Waals surface area contributed by atoms with Gasteiger partial charge < -0.3 is 4.90 Å². The van der Waals surface area contributed by atoms with Crippen LogP contribution in [0.2, 0.25) is 0 Å². The highest BCUT2D eigenvalue weighted by molar-refractivity contribution is 6.06. The molecule has 0 saturated carbocycles. The highest BCUT2D eigenvalue weighted by Gasteiger charge is 2.29. The molecule has 118 valence electrons. The topological polar surface area (TPSA) is 65.8 Å². The van der Waals surface area contributed by atoms with Crippen LogP contribution >= 0.6 is 0 Å². The molecule has 1 unspecified atom stereocenters. The van der Waals surface area contributed by atoms with E-state index in [1.807, 2.05) is 13.8 Å². The molecule has 0 spiro atoms. The monoisotopic (exact) mass is 302 g/mol. The molecule has 2 aromatic heterocycles. The van der Waals surface area contributed by atoms with Crippen LogP contribution in [0.15, 0.2) is 24.7 Å². The number of amides is 1. The normalized spacial score (nSPS) is 12.5. The molecule has 0 bridgehead atoms. The second-order valence-corrected chi connectivity index (χ2v) is 5.78. The van der Waals surface area contributed by atoms with Crippen molar-refractivity contribution in [2.75, 3.05) is 11.4 Å². The first-order chi connectivity index (χ1) is 10.5. The third-order valence-electron chi connectivity index (χ3n) is 4.14. The zero-order valence-corrected chi connectivity index (χ0v) is 13.9. The Bertz CT molecular complexity index is 635. The fourth-order valence-corrected chi connectivity index (χ4v) is 2.43. The molecular weight excluding hydrogens is 278 g/mol. The highest BCUT2D eigenvalue weighted by atomic mass is 16.2. The minimum absolute atomic E-state index is 0.0287. The molecule has 1 N–H and O–H groups in total. The summed E-state index contributed by atoms with van der Waals surface area (Å²) in [5, 5.41) is 10.8. The SMILES string of the molecule is CCN(C(=O)c1c[nH][n+](C(C)C(C)C)c1C)c1ccnnc1. The Balaban J connectivity index is 2.33. The average molecular weight is 302 g/mol. The average Bonchev–Trinajstić information content (AvgIpc) is 2.89. The Kier molecular flexibility index (Phi) is 4.90. The Hall–Kier alpha value is -2.24. The minimum atomic E-state index is -0.0287. The summed E-state index contributed by atoms with van der Waals surface area (Å²) < 4.78 is 2.05. The van der Waals surface area contributed by atoms with Gasteiger partial charge in [-0.05, 0) is 13.0 Å². The Morgan fingerprint density at radius 1 is 1.36 bits per heavy atom. The van der Waals surface area contributed by atoms with Crippen LogP contribution < -0.4 is 9.58 Å². The first-order valence-corrected chi connectivity index (χ1v) is 7.65. The van der Waals surface area contributed by atoms with E-state index in [-0.39, 0.29) is 5.91 Å².